The number of nitrogens with one attached hydrogen (secondary N) is 1. The van der Waals surface area contributed by atoms with Crippen molar-refractivity contribution in [3.05, 3.63) is 29.3 Å². The van der Waals surface area contributed by atoms with Crippen molar-refractivity contribution >= 4 is 29.2 Å². The quantitative estimate of drug-likeness (QED) is 0.891. The Balaban J connectivity index is 1.52. The standard InChI is InChI=1S/C18H24ClN3O3/c1-21(11-13-5-7-25-8-6-13)18(24)20-15-10-17(23)22(12-15)16-4-2-3-14(19)9-16/h2-4,9,13,15H,5-8,10-12H2,1H3,(H,20,24)/t15-/m0/s1. The van der Waals surface area contributed by atoms with Gasteiger partial charge in [0.1, 0.15) is 0 Å². The molecule has 0 radical (unpaired) electrons. The Morgan fingerprint density at radius 2 is 2.16 bits per heavy atom. The van der Waals surface area contributed by atoms with Gasteiger partial charge in [0.15, 0.2) is 0 Å². The molecule has 6 nitrogen and oxygen atoms in total. The maximum absolute atomic E-state index is 12.4. The van der Waals surface area contributed by atoms with Crippen molar-refractivity contribution in [1.82, 2.24) is 10.2 Å². The van der Waals surface area contributed by atoms with Crippen LogP contribution >= 0.6 is 11.6 Å². The normalized spacial score (nSPS) is 21.4. The molecule has 0 spiro atoms. The van der Waals surface area contributed by atoms with Crippen LogP contribution in [0.4, 0.5) is 10.5 Å². The average Bonchev–Trinajstić information content (AvgIpc) is 2.96. The number of hydrogen-bond donors (Lipinski definition) is 1. The molecule has 0 aromatic heterocycles. The molecule has 2 aliphatic rings. The molecular formula is C18H24ClN3O3. The monoisotopic (exact) mass is 365 g/mol. The highest BCUT2D eigenvalue weighted by molar-refractivity contribution is 6.30. The summed E-state index contributed by atoms with van der Waals surface area (Å²) in [6.45, 7) is 2.72. The second-order valence-corrected chi connectivity index (χ2v) is 7.21. The molecule has 0 aliphatic carbocycles. The Kier molecular flexibility index (Phi) is 5.81. The first kappa shape index (κ1) is 18.0. The summed E-state index contributed by atoms with van der Waals surface area (Å²) < 4.78 is 5.35. The van der Waals surface area contributed by atoms with Gasteiger partial charge >= 0.3 is 6.03 Å². The summed E-state index contributed by atoms with van der Waals surface area (Å²) in [5.74, 6) is 0.484. The van der Waals surface area contributed by atoms with Crippen molar-refractivity contribution in [2.75, 3.05) is 38.3 Å². The number of ether oxygens (including phenoxy) is 1. The summed E-state index contributed by atoms with van der Waals surface area (Å²) in [6, 6.07) is 6.90. The molecule has 3 rings (SSSR count). The number of carbonyl (C=O) groups is 2. The number of anilines is 1. The molecule has 2 fully saturated rings. The van der Waals surface area contributed by atoms with Crippen LogP contribution in [0.3, 0.4) is 0 Å². The van der Waals surface area contributed by atoms with E-state index in [2.05, 4.69) is 5.32 Å². The van der Waals surface area contributed by atoms with Gasteiger partial charge in [-0.15, -0.1) is 0 Å². The van der Waals surface area contributed by atoms with E-state index in [1.807, 2.05) is 12.1 Å². The van der Waals surface area contributed by atoms with E-state index in [0.29, 0.717) is 30.5 Å². The molecule has 0 saturated carbocycles. The smallest absolute Gasteiger partial charge is 0.317 e. The molecule has 1 aromatic rings. The van der Waals surface area contributed by atoms with Crippen LogP contribution in [0.25, 0.3) is 0 Å². The van der Waals surface area contributed by atoms with Crippen molar-refractivity contribution in [3.63, 3.8) is 0 Å². The number of benzene rings is 1. The summed E-state index contributed by atoms with van der Waals surface area (Å²) in [6.07, 6.45) is 2.29. The molecule has 7 heteroatoms. The molecule has 2 heterocycles. The fourth-order valence-electron chi connectivity index (χ4n) is 3.38. The number of urea groups is 1. The lowest BCUT2D eigenvalue weighted by Gasteiger charge is -2.28. The summed E-state index contributed by atoms with van der Waals surface area (Å²) in [5.41, 5.74) is 0.768. The summed E-state index contributed by atoms with van der Waals surface area (Å²) >= 11 is 6.00. The van der Waals surface area contributed by atoms with Crippen LogP contribution in [0.15, 0.2) is 24.3 Å². The van der Waals surface area contributed by atoms with Crippen molar-refractivity contribution in [2.24, 2.45) is 5.92 Å². The van der Waals surface area contributed by atoms with Gasteiger partial charge in [0.2, 0.25) is 5.91 Å². The van der Waals surface area contributed by atoms with Gasteiger partial charge in [0, 0.05) is 50.5 Å². The highest BCUT2D eigenvalue weighted by Crippen LogP contribution is 2.24. The number of rotatable bonds is 4. The second-order valence-electron chi connectivity index (χ2n) is 6.77. The fraction of sp³-hybridized carbons (Fsp3) is 0.556. The van der Waals surface area contributed by atoms with Crippen LogP contribution < -0.4 is 10.2 Å². The molecule has 0 bridgehead atoms. The van der Waals surface area contributed by atoms with E-state index in [4.69, 9.17) is 16.3 Å². The summed E-state index contributed by atoms with van der Waals surface area (Å²) in [7, 11) is 1.80. The maximum Gasteiger partial charge on any atom is 0.317 e. The van der Waals surface area contributed by atoms with Crippen LogP contribution in [-0.4, -0.2) is 56.2 Å². The Hall–Kier alpha value is -1.79. The van der Waals surface area contributed by atoms with Crippen molar-refractivity contribution in [3.8, 4) is 0 Å². The largest absolute Gasteiger partial charge is 0.381 e. The Morgan fingerprint density at radius 1 is 1.40 bits per heavy atom. The third-order valence-electron chi connectivity index (χ3n) is 4.79. The zero-order valence-electron chi connectivity index (χ0n) is 14.4. The van der Waals surface area contributed by atoms with Crippen LogP contribution in [0.5, 0.6) is 0 Å². The molecule has 2 saturated heterocycles. The number of hydrogen-bond acceptors (Lipinski definition) is 3. The Bertz CT molecular complexity index is 634. The van der Waals surface area contributed by atoms with Gasteiger partial charge < -0.3 is 19.9 Å². The van der Waals surface area contributed by atoms with E-state index in [9.17, 15) is 9.59 Å². The molecular weight excluding hydrogens is 342 g/mol. The predicted molar refractivity (Wildman–Crippen MR) is 96.9 cm³/mol. The third-order valence-corrected chi connectivity index (χ3v) is 5.03. The number of nitrogens with zero attached hydrogens (tertiary/aromatic N) is 2. The highest BCUT2D eigenvalue weighted by Gasteiger charge is 2.32. The van der Waals surface area contributed by atoms with Crippen LogP contribution in [-0.2, 0) is 9.53 Å². The van der Waals surface area contributed by atoms with Crippen molar-refractivity contribution in [2.45, 2.75) is 25.3 Å². The first-order valence-corrected chi connectivity index (χ1v) is 9.06. The lowest BCUT2D eigenvalue weighted by atomic mass is 10.00. The zero-order chi connectivity index (χ0) is 17.8. The Labute approximate surface area is 153 Å². The number of amides is 3. The summed E-state index contributed by atoms with van der Waals surface area (Å²) in [5, 5.41) is 3.56. The molecule has 25 heavy (non-hydrogen) atoms. The number of carbonyl (C=O) groups excluding carboxylic acids is 2. The minimum Gasteiger partial charge on any atom is -0.381 e. The molecule has 1 N–H and O–H groups in total. The third kappa shape index (κ3) is 4.64. The lowest BCUT2D eigenvalue weighted by molar-refractivity contribution is -0.117. The minimum absolute atomic E-state index is 0.000325. The van der Waals surface area contributed by atoms with Crippen LogP contribution in [0.1, 0.15) is 19.3 Å². The van der Waals surface area contributed by atoms with E-state index in [0.717, 1.165) is 31.7 Å². The highest BCUT2D eigenvalue weighted by atomic mass is 35.5. The van der Waals surface area contributed by atoms with E-state index in [1.165, 1.54) is 0 Å². The summed E-state index contributed by atoms with van der Waals surface area (Å²) in [4.78, 5) is 28.1. The number of halogens is 1. The van der Waals surface area contributed by atoms with E-state index >= 15 is 0 Å². The lowest BCUT2D eigenvalue weighted by Crippen LogP contribution is -2.46. The molecule has 1 aromatic carbocycles. The second kappa shape index (κ2) is 8.06. The zero-order valence-corrected chi connectivity index (χ0v) is 15.2. The van der Waals surface area contributed by atoms with Gasteiger partial charge in [-0.2, -0.15) is 0 Å². The Morgan fingerprint density at radius 3 is 2.88 bits per heavy atom. The molecule has 0 unspecified atom stereocenters. The van der Waals surface area contributed by atoms with Gasteiger partial charge in [-0.05, 0) is 37.0 Å². The molecule has 2 aliphatic heterocycles. The van der Waals surface area contributed by atoms with Gasteiger partial charge in [-0.25, -0.2) is 4.79 Å². The van der Waals surface area contributed by atoms with Crippen molar-refractivity contribution in [1.29, 1.82) is 0 Å². The first-order chi connectivity index (χ1) is 12.0. The van der Waals surface area contributed by atoms with Crippen molar-refractivity contribution < 1.29 is 14.3 Å². The minimum atomic E-state index is -0.184. The average molecular weight is 366 g/mol. The molecule has 136 valence electrons. The van der Waals surface area contributed by atoms with Crippen LogP contribution in [0.2, 0.25) is 5.02 Å². The fourth-order valence-corrected chi connectivity index (χ4v) is 3.57. The maximum atomic E-state index is 12.4. The SMILES string of the molecule is CN(CC1CCOCC1)C(=O)N[C@H]1CC(=O)N(c2cccc(Cl)c2)C1. The first-order valence-electron chi connectivity index (χ1n) is 8.68. The topological polar surface area (TPSA) is 61.9 Å². The molecule has 3 amide bonds. The molecule has 1 atom stereocenters. The van der Waals surface area contributed by atoms with Gasteiger partial charge in [0.25, 0.3) is 0 Å². The van der Waals surface area contributed by atoms with Gasteiger partial charge in [0.05, 0.1) is 6.04 Å². The van der Waals surface area contributed by atoms with E-state index in [-0.39, 0.29) is 18.0 Å². The van der Waals surface area contributed by atoms with Gasteiger partial charge in [-0.1, -0.05) is 17.7 Å². The predicted octanol–water partition coefficient (Wildman–Crippen LogP) is 2.51. The van der Waals surface area contributed by atoms with E-state index < -0.39 is 0 Å². The van der Waals surface area contributed by atoms with Crippen LogP contribution in [0, 0.1) is 5.92 Å². The van der Waals surface area contributed by atoms with Gasteiger partial charge in [-0.3, -0.25) is 4.79 Å². The van der Waals surface area contributed by atoms with E-state index in [1.54, 1.807) is 29.0 Å².